The Kier molecular flexibility index (Phi) is 4.24. The molecule has 0 radical (unpaired) electrons. The van der Waals surface area contributed by atoms with E-state index in [1.54, 1.807) is 22.8 Å². The van der Waals surface area contributed by atoms with Crippen molar-refractivity contribution < 1.29 is 9.59 Å². The molecule has 1 saturated heterocycles. The largest absolute Gasteiger partial charge is 0.359 e. The molecule has 0 aromatic carbocycles. The van der Waals surface area contributed by atoms with Gasteiger partial charge in [0.25, 0.3) is 5.91 Å². The molecule has 7 heteroatoms. The molecule has 2 rings (SSSR count). The zero-order valence-corrected chi connectivity index (χ0v) is 12.6. The summed E-state index contributed by atoms with van der Waals surface area (Å²) in [6, 6.07) is 0. The van der Waals surface area contributed by atoms with E-state index in [9.17, 15) is 9.59 Å². The lowest BCUT2D eigenvalue weighted by molar-refractivity contribution is -0.124. The number of nitrogens with one attached hydrogen (secondary N) is 1. The maximum Gasteiger partial charge on any atom is 0.275 e. The summed E-state index contributed by atoms with van der Waals surface area (Å²) in [5, 5.41) is 6.87. The van der Waals surface area contributed by atoms with Crippen LogP contribution in [0.25, 0.3) is 0 Å². The molecule has 2 heterocycles. The summed E-state index contributed by atoms with van der Waals surface area (Å²) in [5.41, 5.74) is 0.416. The van der Waals surface area contributed by atoms with Crippen LogP contribution in [0.1, 0.15) is 23.8 Å². The van der Waals surface area contributed by atoms with E-state index in [2.05, 4.69) is 26.3 Å². The van der Waals surface area contributed by atoms with Gasteiger partial charge < -0.3 is 10.2 Å². The number of nitrogens with zero attached hydrogens (tertiary/aromatic N) is 3. The van der Waals surface area contributed by atoms with Gasteiger partial charge in [0.15, 0.2) is 5.69 Å². The maximum atomic E-state index is 12.3. The van der Waals surface area contributed by atoms with Crippen LogP contribution in [0.5, 0.6) is 0 Å². The summed E-state index contributed by atoms with van der Waals surface area (Å²) < 4.78 is 2.41. The molecular weight excluding hydrogens is 312 g/mol. The molecule has 19 heavy (non-hydrogen) atoms. The van der Waals surface area contributed by atoms with Crippen molar-refractivity contribution in [2.45, 2.75) is 19.9 Å². The number of likely N-dealkylation sites (tertiary alicyclic amines) is 1. The first-order chi connectivity index (χ1) is 9.06. The van der Waals surface area contributed by atoms with Gasteiger partial charge in [-0.3, -0.25) is 14.3 Å². The molecule has 1 aromatic rings. The number of aryl methyl sites for hydroxylation is 1. The summed E-state index contributed by atoms with van der Waals surface area (Å²) in [5.74, 6) is -0.236. The lowest BCUT2D eigenvalue weighted by Crippen LogP contribution is -2.33. The highest BCUT2D eigenvalue weighted by molar-refractivity contribution is 9.10. The Morgan fingerprint density at radius 2 is 2.32 bits per heavy atom. The van der Waals surface area contributed by atoms with E-state index in [-0.39, 0.29) is 17.7 Å². The van der Waals surface area contributed by atoms with E-state index in [0.29, 0.717) is 36.2 Å². The Balaban J connectivity index is 2.08. The van der Waals surface area contributed by atoms with Gasteiger partial charge in [-0.05, 0) is 29.3 Å². The van der Waals surface area contributed by atoms with Crippen LogP contribution in [0.4, 0.5) is 0 Å². The highest BCUT2D eigenvalue weighted by atomic mass is 79.9. The summed E-state index contributed by atoms with van der Waals surface area (Å²) in [6.45, 7) is 3.74. The average Bonchev–Trinajstić information content (AvgIpc) is 3.03. The molecule has 1 N–H and O–H groups in total. The Hall–Kier alpha value is -1.37. The minimum absolute atomic E-state index is 0.00606. The van der Waals surface area contributed by atoms with E-state index in [0.717, 1.165) is 0 Å². The molecular formula is C12H17BrN4O2. The molecule has 1 aliphatic rings. The molecule has 0 aliphatic carbocycles. The van der Waals surface area contributed by atoms with Crippen LogP contribution in [-0.2, 0) is 11.3 Å². The molecule has 0 spiro atoms. The average molecular weight is 329 g/mol. The number of hydrogen-bond acceptors (Lipinski definition) is 3. The van der Waals surface area contributed by atoms with Crippen molar-refractivity contribution in [2.24, 2.45) is 5.92 Å². The summed E-state index contributed by atoms with van der Waals surface area (Å²) in [4.78, 5) is 25.6. The first-order valence-electron chi connectivity index (χ1n) is 6.30. The highest BCUT2D eigenvalue weighted by Crippen LogP contribution is 2.22. The molecule has 1 aliphatic heterocycles. The van der Waals surface area contributed by atoms with Crippen molar-refractivity contribution in [3.05, 3.63) is 16.4 Å². The molecule has 1 atom stereocenters. The predicted molar refractivity (Wildman–Crippen MR) is 73.7 cm³/mol. The molecule has 104 valence electrons. The number of aromatic nitrogens is 2. The number of halogens is 1. The first kappa shape index (κ1) is 14.0. The monoisotopic (exact) mass is 328 g/mol. The van der Waals surface area contributed by atoms with Gasteiger partial charge in [-0.1, -0.05) is 0 Å². The highest BCUT2D eigenvalue weighted by Gasteiger charge is 2.32. The Morgan fingerprint density at radius 3 is 2.89 bits per heavy atom. The maximum absolute atomic E-state index is 12.3. The number of carbonyl (C=O) groups is 2. The van der Waals surface area contributed by atoms with Gasteiger partial charge in [-0.15, -0.1) is 0 Å². The zero-order valence-electron chi connectivity index (χ0n) is 11.0. The van der Waals surface area contributed by atoms with Gasteiger partial charge >= 0.3 is 0 Å². The lowest BCUT2D eigenvalue weighted by Gasteiger charge is -2.15. The van der Waals surface area contributed by atoms with Gasteiger partial charge in [0.1, 0.15) is 0 Å². The summed E-state index contributed by atoms with van der Waals surface area (Å²) in [6.07, 6.45) is 2.50. The van der Waals surface area contributed by atoms with Crippen molar-refractivity contribution >= 4 is 27.7 Å². The SMILES string of the molecule is CCn1cc(Br)c(C(=O)N2CCC(C(=O)NC)C2)n1. The number of amides is 2. The van der Waals surface area contributed by atoms with Gasteiger partial charge in [0.2, 0.25) is 5.91 Å². The molecule has 0 bridgehead atoms. The van der Waals surface area contributed by atoms with Crippen molar-refractivity contribution in [3.63, 3.8) is 0 Å². The normalized spacial score (nSPS) is 18.7. The fourth-order valence-electron chi connectivity index (χ4n) is 2.22. The van der Waals surface area contributed by atoms with E-state index < -0.39 is 0 Å². The second kappa shape index (κ2) is 5.73. The van der Waals surface area contributed by atoms with Crippen LogP contribution in [0, 0.1) is 5.92 Å². The number of carbonyl (C=O) groups excluding carboxylic acids is 2. The van der Waals surface area contributed by atoms with Crippen LogP contribution in [0.2, 0.25) is 0 Å². The predicted octanol–water partition coefficient (Wildman–Crippen LogP) is 0.874. The van der Waals surface area contributed by atoms with E-state index in [1.807, 2.05) is 6.92 Å². The summed E-state index contributed by atoms with van der Waals surface area (Å²) in [7, 11) is 1.62. The van der Waals surface area contributed by atoms with Gasteiger partial charge in [0, 0.05) is 32.9 Å². The number of rotatable bonds is 3. The van der Waals surface area contributed by atoms with E-state index in [4.69, 9.17) is 0 Å². The van der Waals surface area contributed by atoms with Crippen LogP contribution in [0.3, 0.4) is 0 Å². The Labute approximate surface area is 120 Å². The second-order valence-corrected chi connectivity index (χ2v) is 5.39. The van der Waals surface area contributed by atoms with E-state index >= 15 is 0 Å². The molecule has 1 fully saturated rings. The first-order valence-corrected chi connectivity index (χ1v) is 7.10. The Bertz CT molecular complexity index is 500. The zero-order chi connectivity index (χ0) is 14.0. The fourth-order valence-corrected chi connectivity index (χ4v) is 2.70. The van der Waals surface area contributed by atoms with Crippen molar-refractivity contribution in [3.8, 4) is 0 Å². The fraction of sp³-hybridized carbons (Fsp3) is 0.583. The van der Waals surface area contributed by atoms with Crippen LogP contribution >= 0.6 is 15.9 Å². The standard InChI is InChI=1S/C12H17BrN4O2/c1-3-17-7-9(13)10(15-17)12(19)16-5-4-8(6-16)11(18)14-2/h7-8H,3-6H2,1-2H3,(H,14,18). The minimum Gasteiger partial charge on any atom is -0.359 e. The second-order valence-electron chi connectivity index (χ2n) is 4.53. The summed E-state index contributed by atoms with van der Waals surface area (Å²) >= 11 is 3.35. The third kappa shape index (κ3) is 2.80. The topological polar surface area (TPSA) is 67.2 Å². The van der Waals surface area contributed by atoms with Crippen molar-refractivity contribution in [1.29, 1.82) is 0 Å². The van der Waals surface area contributed by atoms with Gasteiger partial charge in [-0.25, -0.2) is 0 Å². The Morgan fingerprint density at radius 1 is 1.58 bits per heavy atom. The van der Waals surface area contributed by atoms with Crippen molar-refractivity contribution in [1.82, 2.24) is 20.0 Å². The molecule has 6 nitrogen and oxygen atoms in total. The van der Waals surface area contributed by atoms with Gasteiger partial charge in [-0.2, -0.15) is 5.10 Å². The molecule has 1 unspecified atom stereocenters. The van der Waals surface area contributed by atoms with Crippen molar-refractivity contribution in [2.75, 3.05) is 20.1 Å². The third-order valence-corrected chi connectivity index (χ3v) is 3.92. The minimum atomic E-state index is -0.120. The van der Waals surface area contributed by atoms with E-state index in [1.165, 1.54) is 0 Å². The molecule has 1 aromatic heterocycles. The number of hydrogen-bond donors (Lipinski definition) is 1. The van der Waals surface area contributed by atoms with Crippen LogP contribution in [-0.4, -0.2) is 46.6 Å². The molecule has 0 saturated carbocycles. The van der Waals surface area contributed by atoms with Crippen LogP contribution in [0.15, 0.2) is 10.7 Å². The third-order valence-electron chi connectivity index (χ3n) is 3.34. The molecule has 2 amide bonds. The smallest absolute Gasteiger partial charge is 0.275 e. The lowest BCUT2D eigenvalue weighted by atomic mass is 10.1. The van der Waals surface area contributed by atoms with Crippen LogP contribution < -0.4 is 5.32 Å². The quantitative estimate of drug-likeness (QED) is 0.895. The van der Waals surface area contributed by atoms with Gasteiger partial charge in [0.05, 0.1) is 10.4 Å².